The van der Waals surface area contributed by atoms with Crippen LogP contribution in [-0.2, 0) is 9.59 Å². The molecule has 1 rings (SSSR count). The fourth-order valence-corrected chi connectivity index (χ4v) is 3.57. The third-order valence-corrected chi connectivity index (χ3v) is 4.59. The fourth-order valence-electron chi connectivity index (χ4n) is 1.01. The summed E-state index contributed by atoms with van der Waals surface area (Å²) in [5.74, 6) is 1.67. The first-order valence-corrected chi connectivity index (χ1v) is 6.54. The summed E-state index contributed by atoms with van der Waals surface area (Å²) in [5, 5.41) is 11.0. The van der Waals surface area contributed by atoms with E-state index in [0.29, 0.717) is 0 Å². The Morgan fingerprint density at radius 1 is 1.50 bits per heavy atom. The van der Waals surface area contributed by atoms with Crippen LogP contribution in [0.5, 0.6) is 0 Å². The number of amides is 1. The molecule has 6 heteroatoms. The first-order valence-electron chi connectivity index (χ1n) is 4.34. The van der Waals surface area contributed by atoms with Crippen LogP contribution in [0.3, 0.4) is 0 Å². The average Bonchev–Trinajstić information content (AvgIpc) is 2.19. The van der Waals surface area contributed by atoms with Gasteiger partial charge in [0.25, 0.3) is 0 Å². The maximum Gasteiger partial charge on any atom is 0.325 e. The van der Waals surface area contributed by atoms with Crippen molar-refractivity contribution in [3.05, 3.63) is 0 Å². The predicted molar refractivity (Wildman–Crippen MR) is 58.8 cm³/mol. The van der Waals surface area contributed by atoms with Gasteiger partial charge in [-0.2, -0.15) is 11.8 Å². The number of thioether (sulfide) groups is 2. The molecular formula is C8H13NO3S2. The van der Waals surface area contributed by atoms with Crippen LogP contribution in [0.1, 0.15) is 6.92 Å². The molecule has 1 amide bonds. The van der Waals surface area contributed by atoms with E-state index in [4.69, 9.17) is 5.11 Å². The van der Waals surface area contributed by atoms with E-state index in [1.54, 1.807) is 23.5 Å². The van der Waals surface area contributed by atoms with Crippen LogP contribution in [-0.4, -0.2) is 45.5 Å². The fraction of sp³-hybridized carbons (Fsp3) is 0.750. The van der Waals surface area contributed by atoms with Crippen molar-refractivity contribution in [3.8, 4) is 0 Å². The van der Waals surface area contributed by atoms with Crippen LogP contribution < -0.4 is 5.32 Å². The SMILES string of the molecule is C[C@@H](NC(=O)C1CSCCS1)C(=O)O. The van der Waals surface area contributed by atoms with Crippen LogP contribution in [0.25, 0.3) is 0 Å². The smallest absolute Gasteiger partial charge is 0.325 e. The molecule has 2 atom stereocenters. The average molecular weight is 235 g/mol. The molecular weight excluding hydrogens is 222 g/mol. The van der Waals surface area contributed by atoms with E-state index in [1.807, 2.05) is 0 Å². The van der Waals surface area contributed by atoms with Crippen molar-refractivity contribution in [2.24, 2.45) is 0 Å². The summed E-state index contributed by atoms with van der Waals surface area (Å²) in [5.41, 5.74) is 0. The van der Waals surface area contributed by atoms with Gasteiger partial charge in [0.05, 0.1) is 5.25 Å². The lowest BCUT2D eigenvalue weighted by Gasteiger charge is -2.21. The van der Waals surface area contributed by atoms with E-state index in [0.717, 1.165) is 17.3 Å². The number of aliphatic carboxylic acids is 1. The molecule has 0 aliphatic carbocycles. The van der Waals surface area contributed by atoms with Crippen molar-refractivity contribution in [1.82, 2.24) is 5.32 Å². The lowest BCUT2D eigenvalue weighted by atomic mass is 10.3. The number of hydrogen-bond donors (Lipinski definition) is 2. The summed E-state index contributed by atoms with van der Waals surface area (Å²) >= 11 is 3.34. The van der Waals surface area contributed by atoms with Crippen LogP contribution in [0, 0.1) is 0 Å². The second-order valence-electron chi connectivity index (χ2n) is 3.00. The molecule has 1 fully saturated rings. The Hall–Kier alpha value is -0.360. The van der Waals surface area contributed by atoms with Crippen molar-refractivity contribution in [1.29, 1.82) is 0 Å². The predicted octanol–water partition coefficient (Wildman–Crippen LogP) is 0.424. The highest BCUT2D eigenvalue weighted by Gasteiger charge is 2.24. The molecule has 0 aromatic heterocycles. The van der Waals surface area contributed by atoms with Gasteiger partial charge in [0, 0.05) is 17.3 Å². The van der Waals surface area contributed by atoms with Gasteiger partial charge in [-0.15, -0.1) is 11.8 Å². The zero-order valence-electron chi connectivity index (χ0n) is 7.86. The summed E-state index contributed by atoms with van der Waals surface area (Å²) < 4.78 is 0. The third kappa shape index (κ3) is 3.42. The molecule has 14 heavy (non-hydrogen) atoms. The maximum absolute atomic E-state index is 11.5. The zero-order valence-corrected chi connectivity index (χ0v) is 9.49. The van der Waals surface area contributed by atoms with E-state index in [2.05, 4.69) is 5.32 Å². The van der Waals surface area contributed by atoms with Crippen LogP contribution in [0.2, 0.25) is 0 Å². The second kappa shape index (κ2) is 5.50. The van der Waals surface area contributed by atoms with Gasteiger partial charge >= 0.3 is 5.97 Å². The standard InChI is InChI=1S/C8H13NO3S2/c1-5(8(11)12)9-7(10)6-4-13-2-3-14-6/h5-6H,2-4H2,1H3,(H,9,10)(H,11,12)/t5-,6?/m1/s1. The van der Waals surface area contributed by atoms with E-state index in [1.165, 1.54) is 6.92 Å². The van der Waals surface area contributed by atoms with Gasteiger partial charge in [-0.25, -0.2) is 0 Å². The van der Waals surface area contributed by atoms with E-state index in [9.17, 15) is 9.59 Å². The molecule has 1 aliphatic heterocycles. The monoisotopic (exact) mass is 235 g/mol. The van der Waals surface area contributed by atoms with Crippen LogP contribution in [0.4, 0.5) is 0 Å². The van der Waals surface area contributed by atoms with Crippen molar-refractivity contribution < 1.29 is 14.7 Å². The Bertz CT molecular complexity index is 229. The number of carbonyl (C=O) groups excluding carboxylic acids is 1. The summed E-state index contributed by atoms with van der Waals surface area (Å²) in [7, 11) is 0. The summed E-state index contributed by atoms with van der Waals surface area (Å²) in [6.07, 6.45) is 0. The van der Waals surface area contributed by atoms with E-state index >= 15 is 0 Å². The van der Waals surface area contributed by atoms with Gasteiger partial charge < -0.3 is 10.4 Å². The van der Waals surface area contributed by atoms with Crippen molar-refractivity contribution in [2.45, 2.75) is 18.2 Å². The first-order chi connectivity index (χ1) is 6.61. The number of carboxylic acids is 1. The molecule has 1 saturated heterocycles. The third-order valence-electron chi connectivity index (χ3n) is 1.84. The minimum atomic E-state index is -0.994. The zero-order chi connectivity index (χ0) is 10.6. The molecule has 1 heterocycles. The Morgan fingerprint density at radius 3 is 2.71 bits per heavy atom. The first kappa shape index (κ1) is 11.7. The molecule has 4 nitrogen and oxygen atoms in total. The van der Waals surface area contributed by atoms with Gasteiger partial charge in [-0.3, -0.25) is 9.59 Å². The molecule has 0 aromatic rings. The minimum Gasteiger partial charge on any atom is -0.480 e. The minimum absolute atomic E-state index is 0.0875. The Morgan fingerprint density at radius 2 is 2.21 bits per heavy atom. The summed E-state index contributed by atoms with van der Waals surface area (Å²) in [4.78, 5) is 22.0. The molecule has 0 saturated carbocycles. The molecule has 80 valence electrons. The number of nitrogens with one attached hydrogen (secondary N) is 1. The summed E-state index contributed by atoms with van der Waals surface area (Å²) in [6.45, 7) is 1.47. The Balaban J connectivity index is 2.36. The number of carbonyl (C=O) groups is 2. The number of carboxylic acid groups (broad SMARTS) is 1. The highest BCUT2D eigenvalue weighted by Crippen LogP contribution is 2.23. The molecule has 0 radical (unpaired) electrons. The highest BCUT2D eigenvalue weighted by atomic mass is 32.2. The Kier molecular flexibility index (Phi) is 4.60. The normalized spacial score (nSPS) is 23.9. The highest BCUT2D eigenvalue weighted by molar-refractivity contribution is 8.07. The maximum atomic E-state index is 11.5. The van der Waals surface area contributed by atoms with Crippen molar-refractivity contribution in [3.63, 3.8) is 0 Å². The van der Waals surface area contributed by atoms with Gasteiger partial charge in [0.1, 0.15) is 6.04 Å². The largest absolute Gasteiger partial charge is 0.480 e. The topological polar surface area (TPSA) is 66.4 Å². The molecule has 2 N–H and O–H groups in total. The van der Waals surface area contributed by atoms with Gasteiger partial charge in [0.15, 0.2) is 0 Å². The van der Waals surface area contributed by atoms with Crippen molar-refractivity contribution in [2.75, 3.05) is 17.3 Å². The lowest BCUT2D eigenvalue weighted by Crippen LogP contribution is -2.44. The quantitative estimate of drug-likeness (QED) is 0.742. The van der Waals surface area contributed by atoms with Crippen LogP contribution >= 0.6 is 23.5 Å². The van der Waals surface area contributed by atoms with E-state index < -0.39 is 12.0 Å². The molecule has 1 unspecified atom stereocenters. The van der Waals surface area contributed by atoms with Crippen LogP contribution in [0.15, 0.2) is 0 Å². The second-order valence-corrected chi connectivity index (χ2v) is 5.46. The van der Waals surface area contributed by atoms with Gasteiger partial charge in [0.2, 0.25) is 5.91 Å². The molecule has 0 bridgehead atoms. The number of rotatable bonds is 3. The summed E-state index contributed by atoms with van der Waals surface area (Å²) in [6, 6.07) is -0.796. The number of hydrogen-bond acceptors (Lipinski definition) is 4. The molecule has 0 aromatic carbocycles. The van der Waals surface area contributed by atoms with E-state index in [-0.39, 0.29) is 11.2 Å². The Labute approximate surface area is 91.2 Å². The van der Waals surface area contributed by atoms with Gasteiger partial charge in [-0.1, -0.05) is 0 Å². The van der Waals surface area contributed by atoms with Crippen molar-refractivity contribution >= 4 is 35.4 Å². The molecule has 1 aliphatic rings. The molecule has 0 spiro atoms. The van der Waals surface area contributed by atoms with Gasteiger partial charge in [-0.05, 0) is 6.92 Å². The lowest BCUT2D eigenvalue weighted by molar-refractivity contribution is -0.141.